The van der Waals surface area contributed by atoms with Crippen LogP contribution in [0.5, 0.6) is 0 Å². The summed E-state index contributed by atoms with van der Waals surface area (Å²) in [6.07, 6.45) is 5.56. The molecule has 0 bridgehead atoms. The van der Waals surface area contributed by atoms with Crippen LogP contribution in [0, 0.1) is 6.92 Å². The molecule has 1 nitrogen and oxygen atoms in total. The van der Waals surface area contributed by atoms with Crippen molar-refractivity contribution >= 4 is 33.4 Å². The van der Waals surface area contributed by atoms with E-state index in [1.807, 2.05) is 11.8 Å². The van der Waals surface area contributed by atoms with Crippen molar-refractivity contribution in [1.29, 1.82) is 0 Å². The van der Waals surface area contributed by atoms with Crippen LogP contribution in [0.1, 0.15) is 42.9 Å². The van der Waals surface area contributed by atoms with Crippen LogP contribution in [0.4, 0.5) is 0 Å². The van der Waals surface area contributed by atoms with Crippen LogP contribution in [0.15, 0.2) is 41.3 Å². The summed E-state index contributed by atoms with van der Waals surface area (Å²) in [6, 6.07) is 13.9. The van der Waals surface area contributed by atoms with E-state index in [-0.39, 0.29) is 0 Å². The van der Waals surface area contributed by atoms with Crippen molar-refractivity contribution in [2.24, 2.45) is 0 Å². The van der Waals surface area contributed by atoms with Crippen molar-refractivity contribution in [2.45, 2.75) is 49.3 Å². The second-order valence-electron chi connectivity index (χ2n) is 6.74. The molecule has 1 saturated carbocycles. The molecule has 1 aromatic heterocycles. The van der Waals surface area contributed by atoms with E-state index in [1.165, 1.54) is 53.1 Å². The van der Waals surface area contributed by atoms with Gasteiger partial charge in [0.1, 0.15) is 0 Å². The van der Waals surface area contributed by atoms with E-state index in [2.05, 4.69) is 47.9 Å². The van der Waals surface area contributed by atoms with E-state index in [1.54, 1.807) is 10.5 Å². The first-order valence-electron chi connectivity index (χ1n) is 8.34. The second-order valence-corrected chi connectivity index (χ2v) is 7.70. The highest BCUT2D eigenvalue weighted by atomic mass is 32.2. The van der Waals surface area contributed by atoms with Crippen LogP contribution >= 0.6 is 11.8 Å². The standard InChI is InChI=1S/C20H20NS/c1-13-6-7-16-9-8-15-10-11-17(14-4-2-3-5-14)20-18(15)19(16)21(13)12-22-20/h6-11,14H,2-5,12H2,1H3/q+1. The number of nitrogens with zero attached hydrogens (tertiary/aromatic N) is 1. The van der Waals surface area contributed by atoms with Gasteiger partial charge in [0.05, 0.1) is 5.39 Å². The lowest BCUT2D eigenvalue weighted by Crippen LogP contribution is -2.38. The number of pyridine rings is 1. The molecule has 5 rings (SSSR count). The Labute approximate surface area is 135 Å². The molecule has 0 amide bonds. The van der Waals surface area contributed by atoms with Gasteiger partial charge in [0.25, 0.3) is 0 Å². The minimum absolute atomic E-state index is 0.790. The maximum absolute atomic E-state index is 2.49. The van der Waals surface area contributed by atoms with Gasteiger partial charge in [0, 0.05) is 23.3 Å². The van der Waals surface area contributed by atoms with E-state index in [4.69, 9.17) is 0 Å². The van der Waals surface area contributed by atoms with Crippen molar-refractivity contribution in [1.82, 2.24) is 0 Å². The van der Waals surface area contributed by atoms with Gasteiger partial charge >= 0.3 is 0 Å². The Morgan fingerprint density at radius 2 is 1.68 bits per heavy atom. The minimum atomic E-state index is 0.790. The minimum Gasteiger partial charge on any atom is -0.185 e. The van der Waals surface area contributed by atoms with Crippen molar-refractivity contribution in [3.8, 4) is 0 Å². The van der Waals surface area contributed by atoms with Gasteiger partial charge in [0.2, 0.25) is 5.52 Å². The van der Waals surface area contributed by atoms with Gasteiger partial charge in [-0.05, 0) is 41.8 Å². The lowest BCUT2D eigenvalue weighted by Gasteiger charge is -2.20. The predicted molar refractivity (Wildman–Crippen MR) is 93.5 cm³/mol. The van der Waals surface area contributed by atoms with Crippen LogP contribution in [0.2, 0.25) is 0 Å². The molecule has 0 radical (unpaired) electrons. The first kappa shape index (κ1) is 13.0. The molecule has 0 saturated heterocycles. The largest absolute Gasteiger partial charge is 0.222 e. The number of aromatic nitrogens is 1. The third-order valence-electron chi connectivity index (χ3n) is 5.51. The first-order chi connectivity index (χ1) is 10.8. The molecule has 3 aromatic rings. The molecule has 22 heavy (non-hydrogen) atoms. The molecule has 0 N–H and O–H groups in total. The molecule has 2 aromatic carbocycles. The normalized spacial score (nSPS) is 17.9. The second kappa shape index (κ2) is 4.73. The highest BCUT2D eigenvalue weighted by Gasteiger charge is 2.28. The van der Waals surface area contributed by atoms with Gasteiger partial charge in [-0.15, -0.1) is 0 Å². The van der Waals surface area contributed by atoms with Gasteiger partial charge < -0.3 is 0 Å². The van der Waals surface area contributed by atoms with Gasteiger partial charge in [-0.25, -0.2) is 0 Å². The van der Waals surface area contributed by atoms with Crippen LogP contribution < -0.4 is 4.57 Å². The summed E-state index contributed by atoms with van der Waals surface area (Å²) in [5.74, 6) is 1.84. The van der Waals surface area contributed by atoms with Crippen molar-refractivity contribution in [2.75, 3.05) is 0 Å². The summed E-state index contributed by atoms with van der Waals surface area (Å²) in [5, 5.41) is 4.28. The average Bonchev–Trinajstić information content (AvgIpc) is 3.08. The number of hydrogen-bond donors (Lipinski definition) is 0. The lowest BCUT2D eigenvalue weighted by atomic mass is 9.93. The van der Waals surface area contributed by atoms with Crippen LogP contribution in [0.3, 0.4) is 0 Å². The molecule has 1 fully saturated rings. The van der Waals surface area contributed by atoms with Gasteiger partial charge in [-0.1, -0.05) is 42.8 Å². The van der Waals surface area contributed by atoms with E-state index in [0.717, 1.165) is 11.8 Å². The zero-order valence-electron chi connectivity index (χ0n) is 12.9. The molecule has 0 atom stereocenters. The fourth-order valence-corrected chi connectivity index (χ4v) is 5.66. The molecule has 1 aliphatic heterocycles. The van der Waals surface area contributed by atoms with Crippen molar-refractivity contribution < 1.29 is 4.57 Å². The zero-order valence-corrected chi connectivity index (χ0v) is 13.7. The summed E-state index contributed by atoms with van der Waals surface area (Å²) in [7, 11) is 0. The lowest BCUT2D eigenvalue weighted by molar-refractivity contribution is -0.655. The molecule has 2 aliphatic rings. The third-order valence-corrected chi connectivity index (χ3v) is 6.62. The fraction of sp³-hybridized carbons (Fsp3) is 0.350. The summed E-state index contributed by atoms with van der Waals surface area (Å²) >= 11 is 2.04. The third kappa shape index (κ3) is 1.70. The molecule has 110 valence electrons. The Hall–Kier alpha value is -1.54. The SMILES string of the molecule is Cc1ccc2ccc3ccc(C4CCCC4)c4c3c2[n+]1CS4. The topological polar surface area (TPSA) is 3.88 Å². The molecule has 2 heterocycles. The van der Waals surface area contributed by atoms with Crippen LogP contribution in [-0.2, 0) is 5.88 Å². The zero-order chi connectivity index (χ0) is 14.7. The summed E-state index contributed by atoms with van der Waals surface area (Å²) < 4.78 is 2.49. The number of thioether (sulfide) groups is 1. The Morgan fingerprint density at radius 1 is 0.955 bits per heavy atom. The first-order valence-corrected chi connectivity index (χ1v) is 9.33. The molecule has 0 spiro atoms. The Morgan fingerprint density at radius 3 is 2.55 bits per heavy atom. The van der Waals surface area contributed by atoms with Gasteiger partial charge in [-0.2, -0.15) is 4.57 Å². The molecular formula is C20H20NS+. The van der Waals surface area contributed by atoms with E-state index in [9.17, 15) is 0 Å². The molecule has 0 unspecified atom stereocenters. The fourth-order valence-electron chi connectivity index (χ4n) is 4.31. The van der Waals surface area contributed by atoms with Crippen LogP contribution in [-0.4, -0.2) is 0 Å². The summed E-state index contributed by atoms with van der Waals surface area (Å²) in [6.45, 7) is 2.23. The van der Waals surface area contributed by atoms with E-state index >= 15 is 0 Å². The highest BCUT2D eigenvalue weighted by Crippen LogP contribution is 2.45. The van der Waals surface area contributed by atoms with Crippen molar-refractivity contribution in [3.63, 3.8) is 0 Å². The molecule has 1 aliphatic carbocycles. The molecular weight excluding hydrogens is 286 g/mol. The smallest absolute Gasteiger partial charge is 0.185 e. The Kier molecular flexibility index (Phi) is 2.78. The number of rotatable bonds is 1. The molecule has 2 heteroatoms. The van der Waals surface area contributed by atoms with Crippen LogP contribution in [0.25, 0.3) is 21.7 Å². The predicted octanol–water partition coefficient (Wildman–Crippen LogP) is 5.31. The highest BCUT2D eigenvalue weighted by molar-refractivity contribution is 7.98. The maximum atomic E-state index is 2.49. The summed E-state index contributed by atoms with van der Waals surface area (Å²) in [4.78, 5) is 1.57. The Bertz CT molecular complexity index is 907. The van der Waals surface area contributed by atoms with Gasteiger partial charge in [0.15, 0.2) is 11.6 Å². The summed E-state index contributed by atoms with van der Waals surface area (Å²) in [5.41, 5.74) is 4.44. The number of aryl methyl sites for hydroxylation is 1. The monoisotopic (exact) mass is 306 g/mol. The maximum Gasteiger partial charge on any atom is 0.222 e. The van der Waals surface area contributed by atoms with E-state index in [0.29, 0.717) is 0 Å². The van der Waals surface area contributed by atoms with Crippen molar-refractivity contribution in [3.05, 3.63) is 47.7 Å². The number of hydrogen-bond acceptors (Lipinski definition) is 1. The van der Waals surface area contributed by atoms with Gasteiger partial charge in [-0.3, -0.25) is 0 Å². The number of benzene rings is 2. The van der Waals surface area contributed by atoms with E-state index < -0.39 is 0 Å². The average molecular weight is 306 g/mol. The Balaban J connectivity index is 1.92. The quantitative estimate of drug-likeness (QED) is 0.435.